The molecule has 1 unspecified atom stereocenters. The van der Waals surface area contributed by atoms with Crippen LogP contribution in [-0.4, -0.2) is 37.2 Å². The van der Waals surface area contributed by atoms with Crippen molar-refractivity contribution >= 4 is 17.9 Å². The standard InChI is InChI=1S/C53H96O6/c1-4-7-10-13-16-19-22-25-27-29-31-34-37-40-43-46-52(55)58-49-50(48-57-51(54)45-42-39-36-33-30-24-21-18-15-12-9-6-3)59-53(56)47-44-41-38-35-32-28-26-23-20-17-14-11-8-5-2/h16,19,22,25,28,32,50H,4-15,17-18,20-21,23-24,26-27,29-31,33-49H2,1-3H3/b19-16-,25-22-,32-28-. The number of carbonyl (C=O) groups is 3. The van der Waals surface area contributed by atoms with Crippen LogP contribution < -0.4 is 0 Å². The second-order valence-electron chi connectivity index (χ2n) is 17.1. The summed E-state index contributed by atoms with van der Waals surface area (Å²) in [4.78, 5) is 37.9. The first-order valence-electron chi connectivity index (χ1n) is 25.5. The minimum atomic E-state index is -0.780. The van der Waals surface area contributed by atoms with Gasteiger partial charge in [-0.15, -0.1) is 0 Å². The normalized spacial score (nSPS) is 12.3. The highest BCUT2D eigenvalue weighted by atomic mass is 16.6. The van der Waals surface area contributed by atoms with E-state index in [1.807, 2.05) is 0 Å². The Hall–Kier alpha value is -2.37. The van der Waals surface area contributed by atoms with Crippen LogP contribution in [0.2, 0.25) is 0 Å². The zero-order valence-electron chi connectivity index (χ0n) is 39.3. The van der Waals surface area contributed by atoms with Crippen molar-refractivity contribution in [2.24, 2.45) is 0 Å². The Morgan fingerprint density at radius 1 is 0.339 bits per heavy atom. The average Bonchev–Trinajstić information content (AvgIpc) is 3.23. The molecular weight excluding hydrogens is 733 g/mol. The highest BCUT2D eigenvalue weighted by molar-refractivity contribution is 5.71. The van der Waals surface area contributed by atoms with E-state index in [4.69, 9.17) is 14.2 Å². The second kappa shape index (κ2) is 48.3. The molecule has 0 bridgehead atoms. The maximum Gasteiger partial charge on any atom is 0.306 e. The predicted octanol–water partition coefficient (Wildman–Crippen LogP) is 16.5. The first kappa shape index (κ1) is 56.6. The van der Waals surface area contributed by atoms with E-state index in [-0.39, 0.29) is 31.1 Å². The van der Waals surface area contributed by atoms with E-state index in [2.05, 4.69) is 57.2 Å². The van der Waals surface area contributed by atoms with Gasteiger partial charge in [0.05, 0.1) is 0 Å². The minimum Gasteiger partial charge on any atom is -0.462 e. The molecule has 59 heavy (non-hydrogen) atoms. The van der Waals surface area contributed by atoms with Gasteiger partial charge in [0.1, 0.15) is 13.2 Å². The van der Waals surface area contributed by atoms with Crippen LogP contribution in [0.5, 0.6) is 0 Å². The molecule has 6 heteroatoms. The quantitative estimate of drug-likeness (QED) is 0.0200. The van der Waals surface area contributed by atoms with Crippen molar-refractivity contribution in [3.05, 3.63) is 36.5 Å². The van der Waals surface area contributed by atoms with Crippen LogP contribution in [0, 0.1) is 0 Å². The van der Waals surface area contributed by atoms with Gasteiger partial charge in [0.25, 0.3) is 0 Å². The molecule has 0 N–H and O–H groups in total. The Morgan fingerprint density at radius 3 is 1.00 bits per heavy atom. The fourth-order valence-corrected chi connectivity index (χ4v) is 7.25. The molecule has 0 aromatic rings. The van der Waals surface area contributed by atoms with E-state index in [9.17, 15) is 14.4 Å². The lowest BCUT2D eigenvalue weighted by molar-refractivity contribution is -0.167. The molecule has 0 rings (SSSR count). The highest BCUT2D eigenvalue weighted by Crippen LogP contribution is 2.15. The van der Waals surface area contributed by atoms with Crippen molar-refractivity contribution in [1.82, 2.24) is 0 Å². The van der Waals surface area contributed by atoms with Crippen molar-refractivity contribution < 1.29 is 28.6 Å². The van der Waals surface area contributed by atoms with Crippen LogP contribution in [-0.2, 0) is 28.6 Å². The van der Waals surface area contributed by atoms with Crippen LogP contribution in [0.1, 0.15) is 265 Å². The molecule has 0 amide bonds. The zero-order chi connectivity index (χ0) is 43.0. The lowest BCUT2D eigenvalue weighted by Crippen LogP contribution is -2.30. The van der Waals surface area contributed by atoms with Crippen LogP contribution in [0.3, 0.4) is 0 Å². The van der Waals surface area contributed by atoms with Crippen LogP contribution in [0.25, 0.3) is 0 Å². The SMILES string of the molecule is CCCCC/C=C\C=C/CCCCCCCCC(=O)OCC(COC(=O)CCCCCCCCCCCCCC)OC(=O)CCCCC/C=C\CCCCCCCCC. The van der Waals surface area contributed by atoms with Crippen molar-refractivity contribution in [3.63, 3.8) is 0 Å². The van der Waals surface area contributed by atoms with Gasteiger partial charge in [-0.3, -0.25) is 14.4 Å². The number of allylic oxidation sites excluding steroid dienone is 6. The van der Waals surface area contributed by atoms with Crippen LogP contribution in [0.4, 0.5) is 0 Å². The molecule has 0 saturated carbocycles. The number of ether oxygens (including phenoxy) is 3. The van der Waals surface area contributed by atoms with E-state index in [0.717, 1.165) is 77.0 Å². The van der Waals surface area contributed by atoms with Gasteiger partial charge < -0.3 is 14.2 Å². The number of unbranched alkanes of at least 4 members (excludes halogenated alkanes) is 30. The lowest BCUT2D eigenvalue weighted by Gasteiger charge is -2.18. The molecule has 0 fully saturated rings. The maximum atomic E-state index is 12.8. The summed E-state index contributed by atoms with van der Waals surface area (Å²) in [6.45, 7) is 6.59. The van der Waals surface area contributed by atoms with Gasteiger partial charge in [-0.1, -0.05) is 211 Å². The minimum absolute atomic E-state index is 0.0793. The number of esters is 3. The first-order valence-corrected chi connectivity index (χ1v) is 25.5. The van der Waals surface area contributed by atoms with Crippen molar-refractivity contribution in [2.45, 2.75) is 271 Å². The van der Waals surface area contributed by atoms with Gasteiger partial charge in [-0.2, -0.15) is 0 Å². The third-order valence-electron chi connectivity index (χ3n) is 11.1. The van der Waals surface area contributed by atoms with Gasteiger partial charge >= 0.3 is 17.9 Å². The Kier molecular flexibility index (Phi) is 46.4. The van der Waals surface area contributed by atoms with E-state index >= 15 is 0 Å². The molecule has 0 aromatic heterocycles. The topological polar surface area (TPSA) is 78.9 Å². The van der Waals surface area contributed by atoms with Gasteiger partial charge in [0, 0.05) is 19.3 Å². The fourth-order valence-electron chi connectivity index (χ4n) is 7.25. The molecule has 0 saturated heterocycles. The van der Waals surface area contributed by atoms with Gasteiger partial charge in [-0.05, 0) is 70.6 Å². The van der Waals surface area contributed by atoms with Crippen LogP contribution >= 0.6 is 0 Å². The third-order valence-corrected chi connectivity index (χ3v) is 11.1. The summed E-state index contributed by atoms with van der Waals surface area (Å²) in [5.41, 5.74) is 0. The van der Waals surface area contributed by atoms with E-state index in [1.54, 1.807) is 0 Å². The summed E-state index contributed by atoms with van der Waals surface area (Å²) in [6.07, 6.45) is 55.5. The summed E-state index contributed by atoms with van der Waals surface area (Å²) in [5.74, 6) is -0.899. The fraction of sp³-hybridized carbons (Fsp3) is 0.830. The summed E-state index contributed by atoms with van der Waals surface area (Å²) < 4.78 is 16.8. The van der Waals surface area contributed by atoms with E-state index < -0.39 is 6.10 Å². The van der Waals surface area contributed by atoms with Crippen LogP contribution in [0.15, 0.2) is 36.5 Å². The summed E-state index contributed by atoms with van der Waals surface area (Å²) in [5, 5.41) is 0. The molecule has 0 radical (unpaired) electrons. The monoisotopic (exact) mass is 829 g/mol. The average molecular weight is 829 g/mol. The predicted molar refractivity (Wildman–Crippen MR) is 252 cm³/mol. The van der Waals surface area contributed by atoms with E-state index in [0.29, 0.717) is 19.3 Å². The number of hydrogen-bond acceptors (Lipinski definition) is 6. The molecule has 0 aliphatic heterocycles. The molecule has 6 nitrogen and oxygen atoms in total. The zero-order valence-corrected chi connectivity index (χ0v) is 39.3. The Balaban J connectivity index is 4.39. The van der Waals surface area contributed by atoms with Crippen molar-refractivity contribution in [2.75, 3.05) is 13.2 Å². The Morgan fingerprint density at radius 2 is 0.610 bits per heavy atom. The molecular formula is C53H96O6. The summed E-state index contributed by atoms with van der Waals surface area (Å²) in [6, 6.07) is 0. The van der Waals surface area contributed by atoms with Crippen molar-refractivity contribution in [1.29, 1.82) is 0 Å². The largest absolute Gasteiger partial charge is 0.462 e. The van der Waals surface area contributed by atoms with Crippen molar-refractivity contribution in [3.8, 4) is 0 Å². The summed E-state index contributed by atoms with van der Waals surface area (Å²) >= 11 is 0. The van der Waals surface area contributed by atoms with Gasteiger partial charge in [-0.25, -0.2) is 0 Å². The Labute approximate surface area is 365 Å². The molecule has 0 spiro atoms. The first-order chi connectivity index (χ1) is 29.0. The number of carbonyl (C=O) groups excluding carboxylic acids is 3. The lowest BCUT2D eigenvalue weighted by atomic mass is 10.0. The van der Waals surface area contributed by atoms with Gasteiger partial charge in [0.15, 0.2) is 6.10 Å². The molecule has 0 aliphatic rings. The maximum absolute atomic E-state index is 12.8. The molecule has 1 atom stereocenters. The third kappa shape index (κ3) is 46.5. The Bertz CT molecular complexity index is 1000. The second-order valence-corrected chi connectivity index (χ2v) is 17.1. The molecule has 0 aliphatic carbocycles. The molecule has 0 heterocycles. The smallest absolute Gasteiger partial charge is 0.306 e. The summed E-state index contributed by atoms with van der Waals surface area (Å²) in [7, 11) is 0. The van der Waals surface area contributed by atoms with E-state index in [1.165, 1.54) is 148 Å². The molecule has 0 aromatic carbocycles. The highest BCUT2D eigenvalue weighted by Gasteiger charge is 2.19. The van der Waals surface area contributed by atoms with Gasteiger partial charge in [0.2, 0.25) is 0 Å². The molecule has 344 valence electrons. The number of hydrogen-bond donors (Lipinski definition) is 0. The number of rotatable bonds is 46.